The number of carbonyl (C=O) groups excluding carboxylic acids is 9. The number of fused-ring (bicyclic) bond motifs is 2. The van der Waals surface area contributed by atoms with Crippen molar-refractivity contribution in [3.05, 3.63) is 69.8 Å². The third-order valence-corrected chi connectivity index (χ3v) is 9.62. The van der Waals surface area contributed by atoms with E-state index in [-0.39, 0.29) is 71.1 Å². The van der Waals surface area contributed by atoms with Crippen LogP contribution in [0.5, 0.6) is 0 Å². The predicted octanol–water partition coefficient (Wildman–Crippen LogP) is 5.63. The minimum absolute atomic E-state index is 0.00574. The maximum atomic E-state index is 13.8. The van der Waals surface area contributed by atoms with Gasteiger partial charge in [0, 0.05) is 52.9 Å². The first-order chi connectivity index (χ1) is 25.1. The topological polar surface area (TPSA) is 187 Å². The molecule has 1 saturated heterocycles. The number of hydrogen-bond acceptors (Lipinski definition) is 11. The van der Waals surface area contributed by atoms with Crippen LogP contribution in [0.25, 0.3) is 0 Å². The molecule has 13 nitrogen and oxygen atoms in total. The van der Waals surface area contributed by atoms with Crippen LogP contribution in [0.4, 0.5) is 9.59 Å². The van der Waals surface area contributed by atoms with Crippen molar-refractivity contribution in [1.82, 2.24) is 10.2 Å². The molecule has 5 atom stereocenters. The van der Waals surface area contributed by atoms with Gasteiger partial charge in [-0.1, -0.05) is 26.0 Å². The molecule has 2 aromatic rings. The fourth-order valence-electron chi connectivity index (χ4n) is 7.02. The number of hydrogen-bond donors (Lipinski definition) is 1. The van der Waals surface area contributed by atoms with Crippen molar-refractivity contribution in [3.8, 4) is 0 Å². The van der Waals surface area contributed by atoms with Gasteiger partial charge in [0.15, 0.2) is 40.5 Å². The highest BCUT2D eigenvalue weighted by Crippen LogP contribution is 2.35. The van der Waals surface area contributed by atoms with E-state index in [4.69, 9.17) is 9.47 Å². The Labute approximate surface area is 313 Å². The van der Waals surface area contributed by atoms with Crippen LogP contribution in [0, 0.1) is 23.7 Å². The van der Waals surface area contributed by atoms with E-state index in [2.05, 4.69) is 5.32 Å². The zero-order valence-corrected chi connectivity index (χ0v) is 31.8. The molecule has 0 spiro atoms. The minimum atomic E-state index is -1.67. The molecule has 2 aromatic carbocycles. The summed E-state index contributed by atoms with van der Waals surface area (Å²) >= 11 is 0. The summed E-state index contributed by atoms with van der Waals surface area (Å²) in [5.41, 5.74) is -1.63. The Morgan fingerprint density at radius 1 is 0.759 bits per heavy atom. The molecule has 1 aliphatic heterocycles. The lowest BCUT2D eigenvalue weighted by atomic mass is 9.91. The molecule has 0 bridgehead atoms. The number of amides is 2. The van der Waals surface area contributed by atoms with Crippen molar-refractivity contribution >= 4 is 52.7 Å². The molecular formula is C41H46N2O11. The summed E-state index contributed by atoms with van der Waals surface area (Å²) in [5.74, 6) is -8.18. The Morgan fingerprint density at radius 3 is 1.80 bits per heavy atom. The smallest absolute Gasteiger partial charge is 0.410 e. The lowest BCUT2D eigenvalue weighted by molar-refractivity contribution is -0.124. The Bertz CT molecular complexity index is 1980. The molecule has 2 unspecified atom stereocenters. The van der Waals surface area contributed by atoms with Crippen molar-refractivity contribution < 1.29 is 52.6 Å². The van der Waals surface area contributed by atoms with Gasteiger partial charge in [-0.3, -0.25) is 38.5 Å². The molecule has 13 heteroatoms. The molecule has 1 N–H and O–H groups in total. The highest BCUT2D eigenvalue weighted by atomic mass is 16.6. The second-order valence-electron chi connectivity index (χ2n) is 16.6. The lowest BCUT2D eigenvalue weighted by Gasteiger charge is -2.28. The van der Waals surface area contributed by atoms with Gasteiger partial charge in [0.2, 0.25) is 0 Å². The summed E-state index contributed by atoms with van der Waals surface area (Å²) in [6, 6.07) is 6.77. The molecule has 2 aliphatic carbocycles. The van der Waals surface area contributed by atoms with E-state index in [0.717, 1.165) is 0 Å². The Balaban J connectivity index is 1.26. The van der Waals surface area contributed by atoms with Crippen molar-refractivity contribution in [1.29, 1.82) is 0 Å². The molecule has 0 saturated carbocycles. The molecular weight excluding hydrogens is 696 g/mol. The average Bonchev–Trinajstić information content (AvgIpc) is 3.68. The maximum Gasteiger partial charge on any atom is 0.410 e. The number of nitrogens with one attached hydrogen (secondary N) is 1. The van der Waals surface area contributed by atoms with Gasteiger partial charge < -0.3 is 14.8 Å². The summed E-state index contributed by atoms with van der Waals surface area (Å²) in [5, 5.41) is 2.64. The molecule has 5 rings (SSSR count). The lowest BCUT2D eigenvalue weighted by Crippen LogP contribution is -2.47. The zero-order valence-electron chi connectivity index (χ0n) is 31.8. The molecule has 3 aliphatic rings. The number of ketones is 7. The maximum absolute atomic E-state index is 13.8. The number of nitrogens with zero attached hydrogens (tertiary/aromatic N) is 1. The number of carbonyl (C=O) groups is 9. The number of benzene rings is 2. The summed E-state index contributed by atoms with van der Waals surface area (Å²) in [4.78, 5) is 120. The van der Waals surface area contributed by atoms with E-state index in [1.807, 2.05) is 13.8 Å². The van der Waals surface area contributed by atoms with E-state index in [1.165, 1.54) is 41.3 Å². The zero-order chi connectivity index (χ0) is 40.0. The van der Waals surface area contributed by atoms with E-state index >= 15 is 0 Å². The third-order valence-electron chi connectivity index (χ3n) is 9.62. The van der Waals surface area contributed by atoms with Gasteiger partial charge in [0.1, 0.15) is 23.0 Å². The Kier molecular flexibility index (Phi) is 10.9. The van der Waals surface area contributed by atoms with Crippen molar-refractivity contribution in [2.24, 2.45) is 23.7 Å². The van der Waals surface area contributed by atoms with E-state index in [9.17, 15) is 43.2 Å². The summed E-state index contributed by atoms with van der Waals surface area (Å²) in [6.45, 7) is 14.4. The average molecular weight is 743 g/mol. The molecule has 1 heterocycles. The largest absolute Gasteiger partial charge is 0.444 e. The number of ether oxygens (including phenoxy) is 2. The molecule has 2 amide bonds. The number of Topliss-reactive ketones (excluding diaryl/α,β-unsaturated/α-hetero) is 6. The van der Waals surface area contributed by atoms with Gasteiger partial charge in [0.25, 0.3) is 0 Å². The standard InChI is InChI=1S/C41H46N2O11/c1-20(18-42-38(51)53-40(3,4)5)9-14-29(44)30-33(46)24-12-10-22(16-26(24)35(30)48)32(45)23-11-13-25-27(17-23)36(49)31(34(25)47)37(50)28-15-21(2)19-43(28)39(52)54-41(6,7)8/h10-13,16-17,20-21,28,30-31H,9,14-15,18-19H2,1-8H3,(H,42,51)/t20-,21-,28-,30?,31?/m0/s1. The summed E-state index contributed by atoms with van der Waals surface area (Å²) < 4.78 is 10.7. The quantitative estimate of drug-likeness (QED) is 0.235. The number of alkyl carbamates (subject to hydrolysis) is 1. The van der Waals surface area contributed by atoms with Gasteiger partial charge in [-0.05, 0) is 90.5 Å². The van der Waals surface area contributed by atoms with Crippen LogP contribution in [-0.2, 0) is 19.1 Å². The van der Waals surface area contributed by atoms with E-state index < -0.39 is 81.7 Å². The van der Waals surface area contributed by atoms with Gasteiger partial charge in [-0.2, -0.15) is 0 Å². The first kappa shape index (κ1) is 39.9. The van der Waals surface area contributed by atoms with E-state index in [0.29, 0.717) is 6.42 Å². The Hall–Kier alpha value is -5.33. The normalized spacial score (nSPS) is 21.4. The summed E-state index contributed by atoms with van der Waals surface area (Å²) in [6.07, 6.45) is -0.821. The Morgan fingerprint density at radius 2 is 1.26 bits per heavy atom. The van der Waals surface area contributed by atoms with Gasteiger partial charge in [-0.25, -0.2) is 9.59 Å². The predicted molar refractivity (Wildman–Crippen MR) is 194 cm³/mol. The van der Waals surface area contributed by atoms with Gasteiger partial charge >= 0.3 is 12.2 Å². The second-order valence-corrected chi connectivity index (χ2v) is 16.6. The first-order valence-corrected chi connectivity index (χ1v) is 18.1. The number of likely N-dealkylation sites (tertiary alicyclic amines) is 1. The molecule has 286 valence electrons. The van der Waals surface area contributed by atoms with Crippen LogP contribution < -0.4 is 5.32 Å². The first-order valence-electron chi connectivity index (χ1n) is 18.1. The van der Waals surface area contributed by atoms with Crippen LogP contribution >= 0.6 is 0 Å². The highest BCUT2D eigenvalue weighted by Gasteiger charge is 2.50. The van der Waals surface area contributed by atoms with Crippen LogP contribution in [0.1, 0.15) is 132 Å². The van der Waals surface area contributed by atoms with Gasteiger partial charge in [0.05, 0.1) is 6.04 Å². The second kappa shape index (κ2) is 14.8. The van der Waals surface area contributed by atoms with Crippen molar-refractivity contribution in [2.45, 2.75) is 91.9 Å². The van der Waals surface area contributed by atoms with Crippen LogP contribution in [-0.4, -0.2) is 87.9 Å². The van der Waals surface area contributed by atoms with Crippen LogP contribution in [0.3, 0.4) is 0 Å². The SMILES string of the molecule is C[C@@H](CCC(=O)C1C(=O)c2ccc(C(=O)c3ccc4c(c3)C(=O)C(C(=O)[C@@H]3C[C@H](C)CN3C(=O)OC(C)(C)C)C4=O)cc2C1=O)CNC(=O)OC(C)(C)C. The van der Waals surface area contributed by atoms with Crippen LogP contribution in [0.2, 0.25) is 0 Å². The fraction of sp³-hybridized carbons (Fsp3) is 0.488. The molecule has 0 radical (unpaired) electrons. The number of rotatable bonds is 10. The third kappa shape index (κ3) is 8.24. The molecule has 54 heavy (non-hydrogen) atoms. The van der Waals surface area contributed by atoms with E-state index in [1.54, 1.807) is 41.5 Å². The van der Waals surface area contributed by atoms with Crippen molar-refractivity contribution in [2.75, 3.05) is 13.1 Å². The molecule has 1 fully saturated rings. The van der Waals surface area contributed by atoms with Crippen LogP contribution in [0.15, 0.2) is 36.4 Å². The highest BCUT2D eigenvalue weighted by molar-refractivity contribution is 6.37. The monoisotopic (exact) mass is 742 g/mol. The minimum Gasteiger partial charge on any atom is -0.444 e. The fourth-order valence-corrected chi connectivity index (χ4v) is 7.02. The molecule has 0 aromatic heterocycles. The van der Waals surface area contributed by atoms with Crippen molar-refractivity contribution in [3.63, 3.8) is 0 Å². The van der Waals surface area contributed by atoms with Gasteiger partial charge in [-0.15, -0.1) is 0 Å². The summed E-state index contributed by atoms with van der Waals surface area (Å²) in [7, 11) is 0.